The second kappa shape index (κ2) is 7.59. The lowest BCUT2D eigenvalue weighted by atomic mass is 10.3. The van der Waals surface area contributed by atoms with Crippen molar-refractivity contribution in [2.45, 2.75) is 19.8 Å². The minimum Gasteiger partial charge on any atom is -0.258 e. The number of nitrogens with zero attached hydrogens (tertiary/aromatic N) is 7. The monoisotopic (exact) mass is 402 g/mol. The Morgan fingerprint density at radius 1 is 0.897 bits per heavy atom. The van der Waals surface area contributed by atoms with E-state index in [1.165, 1.54) is 0 Å². The molecule has 0 spiro atoms. The van der Waals surface area contributed by atoms with Crippen molar-refractivity contribution in [2.75, 3.05) is 5.75 Å². The molecule has 5 aliphatic rings. The number of nitrogens with one attached hydrogen (secondary N) is 1. The highest BCUT2D eigenvalue weighted by Crippen LogP contribution is 2.25. The third kappa shape index (κ3) is 3.81. The molecule has 0 saturated heterocycles. The molecule has 5 rings (SSSR count). The molecule has 0 saturated carbocycles. The number of hydrazone groups is 1. The van der Waals surface area contributed by atoms with E-state index >= 15 is 0 Å². The van der Waals surface area contributed by atoms with Crippen LogP contribution >= 0.6 is 11.9 Å². The number of allylic oxidation sites excluding steroid dienone is 7. The predicted octanol–water partition coefficient (Wildman–Crippen LogP) is 3.14. The van der Waals surface area contributed by atoms with Gasteiger partial charge in [-0.2, -0.15) is 4.99 Å². The van der Waals surface area contributed by atoms with Crippen LogP contribution in [0, 0.1) is 0 Å². The third-order valence-corrected chi connectivity index (χ3v) is 5.46. The van der Waals surface area contributed by atoms with Crippen molar-refractivity contribution in [3.05, 3.63) is 59.7 Å². The van der Waals surface area contributed by atoms with Gasteiger partial charge >= 0.3 is 0 Å². The second-order valence-electron chi connectivity index (χ2n) is 6.62. The summed E-state index contributed by atoms with van der Waals surface area (Å²) in [5, 5.41) is 4.37. The van der Waals surface area contributed by atoms with E-state index in [1.54, 1.807) is 18.2 Å². The predicted molar refractivity (Wildman–Crippen MR) is 121 cm³/mol. The molecule has 0 aromatic rings. The molecular formula is C20H18N8S. The number of aliphatic imine (C=N–C) groups is 5. The normalized spacial score (nSPS) is 21.2. The van der Waals surface area contributed by atoms with E-state index < -0.39 is 0 Å². The van der Waals surface area contributed by atoms with E-state index in [1.807, 2.05) is 46.8 Å². The fraction of sp³-hybridized carbons (Fsp3) is 0.200. The quantitative estimate of drug-likeness (QED) is 0.579. The Kier molecular flexibility index (Phi) is 4.65. The summed E-state index contributed by atoms with van der Waals surface area (Å²) in [6, 6.07) is 0. The van der Waals surface area contributed by atoms with Crippen molar-refractivity contribution in [1.82, 2.24) is 9.73 Å². The molecule has 1 N–H and O–H groups in total. The first-order valence-corrected chi connectivity index (χ1v) is 10.4. The zero-order chi connectivity index (χ0) is 19.6. The highest BCUT2D eigenvalue weighted by atomic mass is 32.2. The first-order chi connectivity index (χ1) is 14.3. The maximum Gasteiger partial charge on any atom is 0.262 e. The maximum atomic E-state index is 4.67. The standard InChI is InChI=1S/C20H18N8S/c1-2-3-8-29-28-18-11-16-7-6-14(23-16)9-13-4-5-15(22-13)10-17-12-21-19(24-17)25-20(28)27-26-18/h4-7,9-12,26H,2-3,8H2,1H3. The first-order valence-electron chi connectivity index (χ1n) is 9.44. The van der Waals surface area contributed by atoms with Gasteiger partial charge in [0.1, 0.15) is 5.82 Å². The Labute approximate surface area is 172 Å². The van der Waals surface area contributed by atoms with E-state index in [2.05, 4.69) is 42.4 Å². The molecule has 0 radical (unpaired) electrons. The molecule has 0 unspecified atom stereocenters. The number of hydrogen-bond donors (Lipinski definition) is 1. The molecule has 0 atom stereocenters. The highest BCUT2D eigenvalue weighted by molar-refractivity contribution is 7.97. The molecular weight excluding hydrogens is 384 g/mol. The zero-order valence-corrected chi connectivity index (χ0v) is 16.6. The van der Waals surface area contributed by atoms with E-state index in [9.17, 15) is 0 Å². The zero-order valence-electron chi connectivity index (χ0n) is 15.8. The van der Waals surface area contributed by atoms with Crippen molar-refractivity contribution < 1.29 is 0 Å². The average molecular weight is 402 g/mol. The van der Waals surface area contributed by atoms with Crippen molar-refractivity contribution in [3.63, 3.8) is 0 Å². The first kappa shape index (κ1) is 17.7. The molecule has 29 heavy (non-hydrogen) atoms. The van der Waals surface area contributed by atoms with Crippen LogP contribution in [0.25, 0.3) is 0 Å². The molecule has 0 aliphatic carbocycles. The fourth-order valence-electron chi connectivity index (χ4n) is 2.96. The van der Waals surface area contributed by atoms with Gasteiger partial charge < -0.3 is 0 Å². The summed E-state index contributed by atoms with van der Waals surface area (Å²) in [6.07, 6.45) is 17.6. The van der Waals surface area contributed by atoms with Crippen LogP contribution in [0.1, 0.15) is 19.8 Å². The number of rotatable bonds is 4. The van der Waals surface area contributed by atoms with Gasteiger partial charge in [0.15, 0.2) is 0 Å². The lowest BCUT2D eigenvalue weighted by Gasteiger charge is -2.16. The van der Waals surface area contributed by atoms with Crippen LogP contribution in [0.2, 0.25) is 0 Å². The summed E-state index contributed by atoms with van der Waals surface area (Å²) in [4.78, 5) is 22.6. The van der Waals surface area contributed by atoms with Crippen LogP contribution in [0.5, 0.6) is 0 Å². The van der Waals surface area contributed by atoms with Crippen LogP contribution < -0.4 is 5.43 Å². The summed E-state index contributed by atoms with van der Waals surface area (Å²) < 4.78 is 1.98. The fourth-order valence-corrected chi connectivity index (χ4v) is 3.99. The number of unbranched alkanes of at least 4 members (excludes halogenated alkanes) is 1. The lowest BCUT2D eigenvalue weighted by molar-refractivity contribution is 0.768. The van der Waals surface area contributed by atoms with Gasteiger partial charge in [0, 0.05) is 11.8 Å². The topological polar surface area (TPSA) is 89.4 Å². The summed E-state index contributed by atoms with van der Waals surface area (Å²) in [6.45, 7) is 2.18. The smallest absolute Gasteiger partial charge is 0.258 e. The summed E-state index contributed by atoms with van der Waals surface area (Å²) in [5.74, 6) is 2.67. The van der Waals surface area contributed by atoms with Gasteiger partial charge in [-0.1, -0.05) is 13.3 Å². The highest BCUT2D eigenvalue weighted by Gasteiger charge is 2.25. The van der Waals surface area contributed by atoms with Crippen molar-refractivity contribution in [1.29, 1.82) is 0 Å². The van der Waals surface area contributed by atoms with Gasteiger partial charge in [0.25, 0.3) is 11.9 Å². The largest absolute Gasteiger partial charge is 0.262 e. The van der Waals surface area contributed by atoms with Crippen molar-refractivity contribution in [3.8, 4) is 0 Å². The van der Waals surface area contributed by atoms with Gasteiger partial charge in [-0.25, -0.2) is 24.3 Å². The third-order valence-electron chi connectivity index (χ3n) is 4.37. The van der Waals surface area contributed by atoms with Crippen molar-refractivity contribution >= 4 is 47.2 Å². The second-order valence-corrected chi connectivity index (χ2v) is 7.65. The molecule has 5 heterocycles. The number of fused-ring (bicyclic) bond motifs is 5. The van der Waals surface area contributed by atoms with Crippen LogP contribution in [-0.4, -0.2) is 45.3 Å². The average Bonchev–Trinajstić information content (AvgIpc) is 3.49. The van der Waals surface area contributed by atoms with E-state index in [0.29, 0.717) is 17.6 Å². The van der Waals surface area contributed by atoms with Gasteiger partial charge in [-0.3, -0.25) is 5.43 Å². The van der Waals surface area contributed by atoms with Crippen LogP contribution in [0.15, 0.2) is 89.8 Å². The van der Waals surface area contributed by atoms with E-state index in [-0.39, 0.29) is 0 Å². The molecule has 8 bridgehead atoms. The lowest BCUT2D eigenvalue weighted by Crippen LogP contribution is -2.21. The number of hydrogen-bond acceptors (Lipinski definition) is 9. The Morgan fingerprint density at radius 3 is 2.45 bits per heavy atom. The molecule has 8 nitrogen and oxygen atoms in total. The summed E-state index contributed by atoms with van der Waals surface area (Å²) in [7, 11) is 0. The Balaban J connectivity index is 1.56. The van der Waals surface area contributed by atoms with Crippen LogP contribution in [0.4, 0.5) is 0 Å². The van der Waals surface area contributed by atoms with Gasteiger partial charge in [0.05, 0.1) is 34.7 Å². The van der Waals surface area contributed by atoms with Crippen molar-refractivity contribution in [2.24, 2.45) is 30.1 Å². The Bertz CT molecular complexity index is 1090. The molecule has 144 valence electrons. The Hall–Kier alpha value is -3.33. The van der Waals surface area contributed by atoms with Gasteiger partial charge in [-0.05, 0) is 54.8 Å². The minimum absolute atomic E-state index is 0.373. The minimum atomic E-state index is 0.373. The SMILES string of the molecule is CCCCSN1C2=CC3=NC(=CC4=NC(=CC5=NC(=NC1=NN2)N=C5)C=C4)C=C3. The Morgan fingerprint density at radius 2 is 1.66 bits per heavy atom. The number of guanidine groups is 2. The molecule has 5 aliphatic heterocycles. The van der Waals surface area contributed by atoms with Crippen LogP contribution in [0.3, 0.4) is 0 Å². The molecule has 0 fully saturated rings. The summed E-state index contributed by atoms with van der Waals surface area (Å²) >= 11 is 1.66. The van der Waals surface area contributed by atoms with Crippen LogP contribution in [-0.2, 0) is 0 Å². The van der Waals surface area contributed by atoms with E-state index in [4.69, 9.17) is 0 Å². The molecule has 9 heteroatoms. The maximum absolute atomic E-state index is 4.67. The summed E-state index contributed by atoms with van der Waals surface area (Å²) in [5.41, 5.74) is 7.15. The molecule has 0 amide bonds. The van der Waals surface area contributed by atoms with E-state index in [0.717, 1.165) is 47.2 Å². The molecule has 0 aromatic heterocycles. The molecule has 0 aromatic carbocycles. The van der Waals surface area contributed by atoms with Gasteiger partial charge in [-0.15, -0.1) is 5.10 Å². The van der Waals surface area contributed by atoms with Gasteiger partial charge in [0.2, 0.25) is 0 Å².